The lowest BCUT2D eigenvalue weighted by atomic mass is 9.83. The normalized spacial score (nSPS) is 19.5. The van der Waals surface area contributed by atoms with Gasteiger partial charge in [-0.3, -0.25) is 9.80 Å². The number of anilines is 2. The van der Waals surface area contributed by atoms with Crippen LogP contribution in [0.3, 0.4) is 0 Å². The monoisotopic (exact) mass is 442 g/mol. The van der Waals surface area contributed by atoms with Crippen molar-refractivity contribution in [3.8, 4) is 6.07 Å². The fourth-order valence-corrected chi connectivity index (χ4v) is 4.31. The number of nitriles is 1. The Morgan fingerprint density at radius 2 is 1.59 bits per heavy atom. The highest BCUT2D eigenvalue weighted by Gasteiger charge is 2.63. The van der Waals surface area contributed by atoms with Gasteiger partial charge < -0.3 is 5.11 Å². The van der Waals surface area contributed by atoms with Crippen molar-refractivity contribution in [1.82, 2.24) is 0 Å². The van der Waals surface area contributed by atoms with E-state index in [1.165, 1.54) is 9.80 Å². The molecule has 0 aromatic heterocycles. The second-order valence-electron chi connectivity index (χ2n) is 7.98. The standard InChI is InChI=1S/C25H19ClN4O2/c1-24(2)25(32,18-5-4-6-20(15-18)28-3)30(22-13-9-19(26)10-14-22)23(31)29(24)21-11-7-17(16-27)8-12-21/h4-15,32H,1-2H3. The highest BCUT2D eigenvalue weighted by atomic mass is 35.5. The molecule has 3 aromatic carbocycles. The number of aliphatic hydroxyl groups is 1. The molecule has 1 fully saturated rings. The van der Waals surface area contributed by atoms with E-state index in [0.29, 0.717) is 33.2 Å². The number of benzene rings is 3. The average Bonchev–Trinajstić information content (AvgIpc) is 2.96. The quantitative estimate of drug-likeness (QED) is 0.518. The van der Waals surface area contributed by atoms with E-state index in [2.05, 4.69) is 10.9 Å². The Bertz CT molecular complexity index is 1270. The highest BCUT2D eigenvalue weighted by molar-refractivity contribution is 6.30. The molecule has 1 heterocycles. The minimum absolute atomic E-state index is 0.354. The summed E-state index contributed by atoms with van der Waals surface area (Å²) in [5.74, 6) is 0. The third-order valence-corrected chi connectivity index (χ3v) is 6.09. The van der Waals surface area contributed by atoms with Gasteiger partial charge in [0.15, 0.2) is 11.4 Å². The van der Waals surface area contributed by atoms with Crippen LogP contribution in [0.4, 0.5) is 21.9 Å². The van der Waals surface area contributed by atoms with E-state index < -0.39 is 17.3 Å². The van der Waals surface area contributed by atoms with E-state index in [4.69, 9.17) is 23.4 Å². The molecule has 1 unspecified atom stereocenters. The molecule has 1 aliphatic rings. The number of amides is 2. The first-order chi connectivity index (χ1) is 15.2. The van der Waals surface area contributed by atoms with Crippen LogP contribution in [0.2, 0.25) is 5.02 Å². The lowest BCUT2D eigenvalue weighted by Crippen LogP contribution is -2.56. The molecule has 1 N–H and O–H groups in total. The highest BCUT2D eigenvalue weighted by Crippen LogP contribution is 2.51. The number of hydrogen-bond acceptors (Lipinski definition) is 3. The van der Waals surface area contributed by atoms with Crippen molar-refractivity contribution in [2.24, 2.45) is 0 Å². The van der Waals surface area contributed by atoms with Crippen LogP contribution >= 0.6 is 11.6 Å². The predicted molar refractivity (Wildman–Crippen MR) is 124 cm³/mol. The molecule has 4 rings (SSSR count). The largest absolute Gasteiger partial charge is 0.365 e. The van der Waals surface area contributed by atoms with Gasteiger partial charge in [-0.15, -0.1) is 0 Å². The zero-order valence-corrected chi connectivity index (χ0v) is 18.2. The molecule has 1 saturated heterocycles. The van der Waals surface area contributed by atoms with Crippen molar-refractivity contribution in [2.45, 2.75) is 25.1 Å². The van der Waals surface area contributed by atoms with Gasteiger partial charge in [0.2, 0.25) is 0 Å². The van der Waals surface area contributed by atoms with Crippen LogP contribution in [0.15, 0.2) is 72.8 Å². The van der Waals surface area contributed by atoms with Crippen LogP contribution in [0.5, 0.6) is 0 Å². The Hall–Kier alpha value is -3.84. The smallest absolute Gasteiger partial charge is 0.332 e. The molecule has 32 heavy (non-hydrogen) atoms. The maximum Gasteiger partial charge on any atom is 0.332 e. The second kappa shape index (κ2) is 7.69. The number of rotatable bonds is 3. The van der Waals surface area contributed by atoms with E-state index in [-0.39, 0.29) is 0 Å². The van der Waals surface area contributed by atoms with Gasteiger partial charge in [-0.2, -0.15) is 5.26 Å². The second-order valence-corrected chi connectivity index (χ2v) is 8.42. The van der Waals surface area contributed by atoms with Gasteiger partial charge >= 0.3 is 6.03 Å². The summed E-state index contributed by atoms with van der Waals surface area (Å²) in [6.45, 7) is 10.9. The van der Waals surface area contributed by atoms with E-state index in [0.717, 1.165) is 0 Å². The third-order valence-electron chi connectivity index (χ3n) is 5.84. The SMILES string of the molecule is [C-]#[N+]c1cccc(C2(O)N(c3ccc(Cl)cc3)C(=O)N(c3ccc(C#N)cc3)C2(C)C)c1. The molecular weight excluding hydrogens is 424 g/mol. The molecule has 6 nitrogen and oxygen atoms in total. The average molecular weight is 443 g/mol. The summed E-state index contributed by atoms with van der Waals surface area (Å²) in [5.41, 5.74) is -0.741. The molecule has 2 amide bonds. The number of urea groups is 1. The first-order valence-corrected chi connectivity index (χ1v) is 10.2. The minimum Gasteiger partial charge on any atom is -0.365 e. The van der Waals surface area contributed by atoms with Gasteiger partial charge in [0, 0.05) is 16.4 Å². The topological polar surface area (TPSA) is 71.9 Å². The Kier molecular flexibility index (Phi) is 5.14. The molecule has 0 aliphatic carbocycles. The van der Waals surface area contributed by atoms with Crippen LogP contribution in [0, 0.1) is 17.9 Å². The summed E-state index contributed by atoms with van der Waals surface area (Å²) < 4.78 is 0. The van der Waals surface area contributed by atoms with Crippen LogP contribution < -0.4 is 9.80 Å². The van der Waals surface area contributed by atoms with Crippen LogP contribution in [-0.4, -0.2) is 16.7 Å². The zero-order valence-electron chi connectivity index (χ0n) is 17.5. The summed E-state index contributed by atoms with van der Waals surface area (Å²) >= 11 is 6.06. The molecule has 158 valence electrons. The van der Waals surface area contributed by atoms with Crippen molar-refractivity contribution in [3.05, 3.63) is 100 Å². The lowest BCUT2D eigenvalue weighted by Gasteiger charge is -2.43. The molecule has 0 saturated carbocycles. The number of carbonyl (C=O) groups excluding carboxylic acids is 1. The van der Waals surface area contributed by atoms with Crippen LogP contribution in [0.25, 0.3) is 4.85 Å². The van der Waals surface area contributed by atoms with Gasteiger partial charge in [-0.05, 0) is 74.0 Å². The molecule has 7 heteroatoms. The fraction of sp³-hybridized carbons (Fsp3) is 0.160. The Labute approximate surface area is 191 Å². The zero-order chi connectivity index (χ0) is 23.1. The van der Waals surface area contributed by atoms with Crippen LogP contribution in [0.1, 0.15) is 25.0 Å². The van der Waals surface area contributed by atoms with Gasteiger partial charge in [-0.25, -0.2) is 9.64 Å². The van der Waals surface area contributed by atoms with Crippen LogP contribution in [-0.2, 0) is 5.72 Å². The molecule has 0 spiro atoms. The van der Waals surface area contributed by atoms with Gasteiger partial charge in [-0.1, -0.05) is 29.8 Å². The molecule has 0 radical (unpaired) electrons. The predicted octanol–water partition coefficient (Wildman–Crippen LogP) is 5.83. The minimum atomic E-state index is -1.81. The summed E-state index contributed by atoms with van der Waals surface area (Å²) in [6.07, 6.45) is 0. The first-order valence-electron chi connectivity index (χ1n) is 9.84. The van der Waals surface area contributed by atoms with Crippen molar-refractivity contribution in [2.75, 3.05) is 9.80 Å². The summed E-state index contributed by atoms with van der Waals surface area (Å²) in [7, 11) is 0. The molecule has 0 bridgehead atoms. The van der Waals surface area contributed by atoms with E-state index in [1.54, 1.807) is 86.6 Å². The number of carbonyl (C=O) groups is 1. The fourth-order valence-electron chi connectivity index (χ4n) is 4.19. The molecule has 1 atom stereocenters. The lowest BCUT2D eigenvalue weighted by molar-refractivity contribution is -0.00241. The first kappa shape index (κ1) is 21.4. The molecule has 1 aliphatic heterocycles. The van der Waals surface area contributed by atoms with Gasteiger partial charge in [0.05, 0.1) is 23.7 Å². The number of halogens is 1. The van der Waals surface area contributed by atoms with E-state index >= 15 is 0 Å². The summed E-state index contributed by atoms with van der Waals surface area (Å²) in [4.78, 5) is 20.1. The van der Waals surface area contributed by atoms with E-state index in [1.807, 2.05) is 0 Å². The number of nitrogens with zero attached hydrogens (tertiary/aromatic N) is 4. The van der Waals surface area contributed by atoms with E-state index in [9.17, 15) is 9.90 Å². The Balaban J connectivity index is 1.96. The van der Waals surface area contributed by atoms with Crippen molar-refractivity contribution in [1.29, 1.82) is 5.26 Å². The molecule has 3 aromatic rings. The van der Waals surface area contributed by atoms with Crippen molar-refractivity contribution >= 4 is 34.7 Å². The maximum atomic E-state index is 13.8. The van der Waals surface area contributed by atoms with Crippen molar-refractivity contribution in [3.63, 3.8) is 0 Å². The summed E-state index contributed by atoms with van der Waals surface area (Å²) in [5, 5.41) is 21.9. The Morgan fingerprint density at radius 3 is 2.19 bits per heavy atom. The summed E-state index contributed by atoms with van der Waals surface area (Å²) in [6, 6.07) is 21.5. The van der Waals surface area contributed by atoms with Crippen molar-refractivity contribution < 1.29 is 9.90 Å². The molecular formula is C25H19ClN4O2. The third kappa shape index (κ3) is 3.09. The van der Waals surface area contributed by atoms with Gasteiger partial charge in [0.25, 0.3) is 0 Å². The Morgan fingerprint density at radius 1 is 1.00 bits per heavy atom. The number of hydrogen-bond donors (Lipinski definition) is 1. The van der Waals surface area contributed by atoms with Gasteiger partial charge in [0.1, 0.15) is 0 Å². The maximum absolute atomic E-state index is 13.8.